The van der Waals surface area contributed by atoms with Crippen LogP contribution < -0.4 is 5.32 Å². The predicted octanol–water partition coefficient (Wildman–Crippen LogP) is 3.80. The fraction of sp³-hybridized carbons (Fsp3) is 0.667. The Morgan fingerprint density at radius 3 is 2.71 bits per heavy atom. The highest BCUT2D eigenvalue weighted by atomic mass is 19.1. The average Bonchev–Trinajstić information content (AvgIpc) is 2.37. The molecule has 0 spiro atoms. The summed E-state index contributed by atoms with van der Waals surface area (Å²) in [6.07, 6.45) is 4.04. The average molecular weight is 292 g/mol. The molecule has 0 atom stereocenters. The molecular formula is C18H29FN2. The second-order valence-electron chi connectivity index (χ2n) is 6.94. The first-order chi connectivity index (χ1) is 10.0. The summed E-state index contributed by atoms with van der Waals surface area (Å²) in [5.41, 5.74) is 1.99. The minimum absolute atomic E-state index is 0.0805. The fourth-order valence-corrected chi connectivity index (χ4v) is 2.84. The van der Waals surface area contributed by atoms with Crippen molar-refractivity contribution in [3.05, 3.63) is 35.1 Å². The minimum atomic E-state index is -0.0805. The maximum absolute atomic E-state index is 14.0. The Morgan fingerprint density at radius 2 is 2.10 bits per heavy atom. The Balaban J connectivity index is 1.88. The summed E-state index contributed by atoms with van der Waals surface area (Å²) in [6, 6.07) is 5.51. The molecule has 21 heavy (non-hydrogen) atoms. The second kappa shape index (κ2) is 7.90. The van der Waals surface area contributed by atoms with Gasteiger partial charge < -0.3 is 10.2 Å². The lowest BCUT2D eigenvalue weighted by Crippen LogP contribution is -2.29. The molecule has 0 heterocycles. The zero-order chi connectivity index (χ0) is 15.2. The van der Waals surface area contributed by atoms with E-state index in [4.69, 9.17) is 0 Å². The van der Waals surface area contributed by atoms with Gasteiger partial charge in [-0.05, 0) is 49.9 Å². The van der Waals surface area contributed by atoms with Crippen molar-refractivity contribution in [1.82, 2.24) is 10.2 Å². The van der Waals surface area contributed by atoms with E-state index in [0.717, 1.165) is 31.1 Å². The molecule has 0 bridgehead atoms. The van der Waals surface area contributed by atoms with Crippen molar-refractivity contribution in [3.8, 4) is 0 Å². The molecule has 1 aliphatic rings. The minimum Gasteiger partial charge on any atom is -0.312 e. The quantitative estimate of drug-likeness (QED) is 0.784. The fourth-order valence-electron chi connectivity index (χ4n) is 2.84. The number of nitrogens with zero attached hydrogens (tertiary/aromatic N) is 1. The van der Waals surface area contributed by atoms with E-state index >= 15 is 0 Å². The van der Waals surface area contributed by atoms with Gasteiger partial charge in [0.25, 0.3) is 0 Å². The van der Waals surface area contributed by atoms with E-state index in [2.05, 4.69) is 31.1 Å². The van der Waals surface area contributed by atoms with Gasteiger partial charge in [-0.15, -0.1) is 0 Å². The van der Waals surface area contributed by atoms with Crippen LogP contribution in [0.4, 0.5) is 4.39 Å². The third-order valence-corrected chi connectivity index (χ3v) is 4.23. The van der Waals surface area contributed by atoms with Crippen LogP contribution in [0.25, 0.3) is 0 Å². The number of halogens is 1. The Labute approximate surface area is 128 Å². The van der Waals surface area contributed by atoms with Gasteiger partial charge in [0.2, 0.25) is 0 Å². The largest absolute Gasteiger partial charge is 0.312 e. The van der Waals surface area contributed by atoms with Gasteiger partial charge in [-0.2, -0.15) is 0 Å². The van der Waals surface area contributed by atoms with Crippen LogP contribution in [0.5, 0.6) is 0 Å². The molecule has 0 aromatic heterocycles. The summed E-state index contributed by atoms with van der Waals surface area (Å²) in [4.78, 5) is 2.26. The van der Waals surface area contributed by atoms with E-state index in [9.17, 15) is 4.39 Å². The SMILES string of the molecule is CC(C)CNCc1ccc(F)c(CN(C)CC2CCC2)c1. The summed E-state index contributed by atoms with van der Waals surface area (Å²) in [5.74, 6) is 1.38. The molecule has 2 rings (SSSR count). The van der Waals surface area contributed by atoms with Crippen LogP contribution in [0.1, 0.15) is 44.2 Å². The molecule has 0 saturated heterocycles. The van der Waals surface area contributed by atoms with E-state index in [1.54, 1.807) is 6.07 Å². The van der Waals surface area contributed by atoms with Gasteiger partial charge in [0.1, 0.15) is 5.82 Å². The van der Waals surface area contributed by atoms with Crippen LogP contribution in [0, 0.1) is 17.7 Å². The normalized spacial score (nSPS) is 15.7. The van der Waals surface area contributed by atoms with Crippen molar-refractivity contribution >= 4 is 0 Å². The number of nitrogens with one attached hydrogen (secondary N) is 1. The molecule has 0 amide bonds. The van der Waals surface area contributed by atoms with Gasteiger partial charge in [-0.25, -0.2) is 4.39 Å². The zero-order valence-corrected chi connectivity index (χ0v) is 13.7. The maximum atomic E-state index is 14.0. The molecule has 0 radical (unpaired) electrons. The van der Waals surface area contributed by atoms with Crippen molar-refractivity contribution in [2.45, 2.75) is 46.2 Å². The van der Waals surface area contributed by atoms with Crippen LogP contribution in [-0.2, 0) is 13.1 Å². The van der Waals surface area contributed by atoms with Crippen LogP contribution in [0.3, 0.4) is 0 Å². The van der Waals surface area contributed by atoms with Crippen molar-refractivity contribution in [2.75, 3.05) is 20.1 Å². The van der Waals surface area contributed by atoms with Gasteiger partial charge in [-0.1, -0.05) is 32.4 Å². The van der Waals surface area contributed by atoms with Gasteiger partial charge in [-0.3, -0.25) is 0 Å². The lowest BCUT2D eigenvalue weighted by molar-refractivity contribution is 0.199. The van der Waals surface area contributed by atoms with Crippen molar-refractivity contribution in [3.63, 3.8) is 0 Å². The lowest BCUT2D eigenvalue weighted by Gasteiger charge is -2.30. The highest BCUT2D eigenvalue weighted by molar-refractivity contribution is 5.25. The molecule has 1 fully saturated rings. The van der Waals surface area contributed by atoms with E-state index in [1.807, 2.05) is 12.1 Å². The van der Waals surface area contributed by atoms with Crippen LogP contribution >= 0.6 is 0 Å². The zero-order valence-electron chi connectivity index (χ0n) is 13.7. The smallest absolute Gasteiger partial charge is 0.127 e. The molecule has 2 nitrogen and oxygen atoms in total. The lowest BCUT2D eigenvalue weighted by atomic mass is 9.85. The molecular weight excluding hydrogens is 263 g/mol. The Hall–Kier alpha value is -0.930. The van der Waals surface area contributed by atoms with E-state index < -0.39 is 0 Å². The Bertz CT molecular complexity index is 441. The first-order valence-corrected chi connectivity index (χ1v) is 8.21. The highest BCUT2D eigenvalue weighted by Gasteiger charge is 2.19. The summed E-state index contributed by atoms with van der Waals surface area (Å²) >= 11 is 0. The van der Waals surface area contributed by atoms with Gasteiger partial charge >= 0.3 is 0 Å². The molecule has 118 valence electrons. The van der Waals surface area contributed by atoms with E-state index in [0.29, 0.717) is 12.5 Å². The van der Waals surface area contributed by atoms with Gasteiger partial charge in [0.15, 0.2) is 0 Å². The molecule has 1 aliphatic carbocycles. The Morgan fingerprint density at radius 1 is 1.33 bits per heavy atom. The molecule has 1 saturated carbocycles. The summed E-state index contributed by atoms with van der Waals surface area (Å²) < 4.78 is 14.0. The van der Waals surface area contributed by atoms with Crippen molar-refractivity contribution in [2.24, 2.45) is 11.8 Å². The number of benzene rings is 1. The Kier molecular flexibility index (Phi) is 6.19. The highest BCUT2D eigenvalue weighted by Crippen LogP contribution is 2.27. The van der Waals surface area contributed by atoms with E-state index in [1.165, 1.54) is 24.8 Å². The molecule has 3 heteroatoms. The summed E-state index contributed by atoms with van der Waals surface area (Å²) in [7, 11) is 2.10. The number of hydrogen-bond acceptors (Lipinski definition) is 2. The van der Waals surface area contributed by atoms with Crippen LogP contribution in [0.15, 0.2) is 18.2 Å². The maximum Gasteiger partial charge on any atom is 0.127 e. The third kappa shape index (κ3) is 5.40. The van der Waals surface area contributed by atoms with E-state index in [-0.39, 0.29) is 5.82 Å². The van der Waals surface area contributed by atoms with Crippen molar-refractivity contribution in [1.29, 1.82) is 0 Å². The standard InChI is InChI=1S/C18H29FN2/c1-14(2)10-20-11-16-7-8-18(19)17(9-16)13-21(3)12-15-5-4-6-15/h7-9,14-15,20H,4-6,10-13H2,1-3H3. The predicted molar refractivity (Wildman–Crippen MR) is 86.6 cm³/mol. The first kappa shape index (κ1) is 16.4. The molecule has 0 unspecified atom stereocenters. The van der Waals surface area contributed by atoms with Crippen molar-refractivity contribution < 1.29 is 4.39 Å². The molecule has 1 N–H and O–H groups in total. The van der Waals surface area contributed by atoms with Gasteiger partial charge in [0.05, 0.1) is 0 Å². The summed E-state index contributed by atoms with van der Waals surface area (Å²) in [6.45, 7) is 8.00. The van der Waals surface area contributed by atoms with Crippen LogP contribution in [-0.4, -0.2) is 25.0 Å². The van der Waals surface area contributed by atoms with Gasteiger partial charge in [0, 0.05) is 25.2 Å². The topological polar surface area (TPSA) is 15.3 Å². The second-order valence-corrected chi connectivity index (χ2v) is 6.94. The number of hydrogen-bond donors (Lipinski definition) is 1. The molecule has 1 aromatic rings. The number of rotatable bonds is 8. The summed E-state index contributed by atoms with van der Waals surface area (Å²) in [5, 5.41) is 3.42. The molecule has 1 aromatic carbocycles. The van der Waals surface area contributed by atoms with Crippen LogP contribution in [0.2, 0.25) is 0 Å². The first-order valence-electron chi connectivity index (χ1n) is 8.21. The third-order valence-electron chi connectivity index (χ3n) is 4.23. The molecule has 0 aliphatic heterocycles. The monoisotopic (exact) mass is 292 g/mol.